The predicted molar refractivity (Wildman–Crippen MR) is 63.6 cm³/mol. The average Bonchev–Trinajstić information content (AvgIpc) is 2.16. The quantitative estimate of drug-likeness (QED) is 0.853. The van der Waals surface area contributed by atoms with Crippen LogP contribution in [-0.2, 0) is 4.74 Å². The minimum Gasteiger partial charge on any atom is -0.382 e. The van der Waals surface area contributed by atoms with E-state index < -0.39 is 0 Å². The molecule has 0 spiro atoms. The first kappa shape index (κ1) is 10.8. The van der Waals surface area contributed by atoms with Crippen LogP contribution in [0.15, 0.2) is 18.2 Å². The molecule has 0 radical (unpaired) electrons. The molecule has 1 aromatic rings. The Hall–Kier alpha value is -0.730. The summed E-state index contributed by atoms with van der Waals surface area (Å²) in [5, 5.41) is 4.27. The molecule has 0 saturated heterocycles. The van der Waals surface area contributed by atoms with Crippen LogP contribution in [0.2, 0.25) is 5.02 Å². The van der Waals surface area contributed by atoms with E-state index in [9.17, 15) is 0 Å². The van der Waals surface area contributed by atoms with E-state index in [2.05, 4.69) is 12.2 Å². The SMILES string of the molecule is COC1CC(Nc2cc(Cl)ccc2C)C1. The fourth-order valence-corrected chi connectivity index (χ4v) is 2.02. The highest BCUT2D eigenvalue weighted by molar-refractivity contribution is 6.30. The zero-order valence-corrected chi connectivity index (χ0v) is 9.84. The molecule has 1 saturated carbocycles. The first-order chi connectivity index (χ1) is 7.19. The lowest BCUT2D eigenvalue weighted by Gasteiger charge is -2.35. The van der Waals surface area contributed by atoms with Crippen LogP contribution in [0.5, 0.6) is 0 Å². The lowest BCUT2D eigenvalue weighted by molar-refractivity contribution is 0.0328. The van der Waals surface area contributed by atoms with Crippen molar-refractivity contribution in [3.8, 4) is 0 Å². The summed E-state index contributed by atoms with van der Waals surface area (Å²) < 4.78 is 5.24. The molecule has 0 bridgehead atoms. The Labute approximate surface area is 95.6 Å². The number of hydrogen-bond acceptors (Lipinski definition) is 2. The third kappa shape index (κ3) is 2.44. The minimum absolute atomic E-state index is 0.432. The monoisotopic (exact) mass is 225 g/mol. The molecule has 0 aromatic heterocycles. The van der Waals surface area contributed by atoms with Crippen LogP contribution in [0.4, 0.5) is 5.69 Å². The molecule has 1 fully saturated rings. The second-order valence-electron chi connectivity index (χ2n) is 4.13. The molecule has 82 valence electrons. The molecule has 1 N–H and O–H groups in total. The molecule has 1 aliphatic carbocycles. The van der Waals surface area contributed by atoms with Gasteiger partial charge in [-0.05, 0) is 37.5 Å². The first-order valence-electron chi connectivity index (χ1n) is 5.24. The maximum absolute atomic E-state index is 5.95. The highest BCUT2D eigenvalue weighted by atomic mass is 35.5. The summed E-state index contributed by atoms with van der Waals surface area (Å²) in [5.74, 6) is 0. The van der Waals surface area contributed by atoms with E-state index in [1.807, 2.05) is 18.2 Å². The minimum atomic E-state index is 0.432. The molecule has 0 unspecified atom stereocenters. The largest absolute Gasteiger partial charge is 0.382 e. The van der Waals surface area contributed by atoms with Gasteiger partial charge in [-0.1, -0.05) is 17.7 Å². The van der Waals surface area contributed by atoms with Gasteiger partial charge in [-0.15, -0.1) is 0 Å². The number of benzene rings is 1. The Balaban J connectivity index is 1.97. The Morgan fingerprint density at radius 1 is 1.40 bits per heavy atom. The molecular formula is C12H16ClNO. The van der Waals surface area contributed by atoms with Crippen LogP contribution in [0.3, 0.4) is 0 Å². The highest BCUT2D eigenvalue weighted by Gasteiger charge is 2.28. The van der Waals surface area contributed by atoms with Crippen LogP contribution in [0.1, 0.15) is 18.4 Å². The maximum atomic E-state index is 5.95. The highest BCUT2D eigenvalue weighted by Crippen LogP contribution is 2.28. The van der Waals surface area contributed by atoms with Gasteiger partial charge in [0.1, 0.15) is 0 Å². The standard InChI is InChI=1S/C12H16ClNO/c1-8-3-4-9(13)5-12(8)14-10-6-11(7-10)15-2/h3-5,10-11,14H,6-7H2,1-2H3. The van der Waals surface area contributed by atoms with Crippen molar-refractivity contribution in [3.63, 3.8) is 0 Å². The van der Waals surface area contributed by atoms with Crippen molar-refractivity contribution in [3.05, 3.63) is 28.8 Å². The number of hydrogen-bond donors (Lipinski definition) is 1. The van der Waals surface area contributed by atoms with Crippen molar-refractivity contribution in [2.24, 2.45) is 0 Å². The van der Waals surface area contributed by atoms with Gasteiger partial charge in [0.15, 0.2) is 0 Å². The Morgan fingerprint density at radius 3 is 2.80 bits per heavy atom. The molecule has 0 atom stereocenters. The topological polar surface area (TPSA) is 21.3 Å². The normalized spacial score (nSPS) is 24.7. The lowest BCUT2D eigenvalue weighted by atomic mass is 9.89. The molecule has 2 nitrogen and oxygen atoms in total. The van der Waals surface area contributed by atoms with E-state index in [0.29, 0.717) is 12.1 Å². The molecule has 2 rings (SSSR count). The Kier molecular flexibility index (Phi) is 3.17. The molecule has 1 aromatic carbocycles. The summed E-state index contributed by atoms with van der Waals surface area (Å²) in [6.45, 7) is 2.09. The van der Waals surface area contributed by atoms with Gasteiger partial charge in [0, 0.05) is 23.9 Å². The van der Waals surface area contributed by atoms with E-state index in [1.54, 1.807) is 7.11 Å². The summed E-state index contributed by atoms with van der Waals surface area (Å²) in [6, 6.07) is 6.47. The summed E-state index contributed by atoms with van der Waals surface area (Å²) in [4.78, 5) is 0. The fourth-order valence-electron chi connectivity index (χ4n) is 1.85. The smallest absolute Gasteiger partial charge is 0.0610 e. The van der Waals surface area contributed by atoms with Crippen LogP contribution in [0, 0.1) is 6.92 Å². The summed E-state index contributed by atoms with van der Waals surface area (Å²) in [6.07, 6.45) is 2.60. The second-order valence-corrected chi connectivity index (χ2v) is 4.57. The van der Waals surface area contributed by atoms with E-state index in [1.165, 1.54) is 5.56 Å². The molecule has 1 aliphatic rings. The van der Waals surface area contributed by atoms with Gasteiger partial charge in [0.25, 0.3) is 0 Å². The molecule has 0 amide bonds. The summed E-state index contributed by atoms with van der Waals surface area (Å²) >= 11 is 5.95. The molecule has 15 heavy (non-hydrogen) atoms. The van der Waals surface area contributed by atoms with E-state index in [4.69, 9.17) is 16.3 Å². The van der Waals surface area contributed by atoms with Crippen molar-refractivity contribution in [1.29, 1.82) is 0 Å². The third-order valence-corrected chi connectivity index (χ3v) is 3.22. The van der Waals surface area contributed by atoms with Crippen molar-refractivity contribution >= 4 is 17.3 Å². The van der Waals surface area contributed by atoms with E-state index in [-0.39, 0.29) is 0 Å². The maximum Gasteiger partial charge on any atom is 0.0610 e. The van der Waals surface area contributed by atoms with E-state index in [0.717, 1.165) is 23.6 Å². The van der Waals surface area contributed by atoms with Gasteiger partial charge in [-0.2, -0.15) is 0 Å². The number of rotatable bonds is 3. The van der Waals surface area contributed by atoms with Gasteiger partial charge in [-0.3, -0.25) is 0 Å². The number of halogens is 1. The zero-order valence-electron chi connectivity index (χ0n) is 9.09. The number of nitrogens with one attached hydrogen (secondary N) is 1. The number of ether oxygens (including phenoxy) is 1. The number of aryl methyl sites for hydroxylation is 1. The van der Waals surface area contributed by atoms with Gasteiger partial charge in [0.2, 0.25) is 0 Å². The average molecular weight is 226 g/mol. The predicted octanol–water partition coefficient (Wildman–Crippen LogP) is 3.24. The van der Waals surface area contributed by atoms with Crippen LogP contribution >= 0.6 is 11.6 Å². The van der Waals surface area contributed by atoms with Crippen molar-refractivity contribution < 1.29 is 4.74 Å². The van der Waals surface area contributed by atoms with Gasteiger partial charge < -0.3 is 10.1 Å². The summed E-state index contributed by atoms with van der Waals surface area (Å²) in [7, 11) is 1.77. The van der Waals surface area contributed by atoms with Gasteiger partial charge in [0.05, 0.1) is 6.10 Å². The van der Waals surface area contributed by atoms with Gasteiger partial charge >= 0.3 is 0 Å². The number of anilines is 1. The van der Waals surface area contributed by atoms with Crippen LogP contribution in [0.25, 0.3) is 0 Å². The van der Waals surface area contributed by atoms with E-state index >= 15 is 0 Å². The molecule has 0 aliphatic heterocycles. The van der Waals surface area contributed by atoms with Crippen molar-refractivity contribution in [2.45, 2.75) is 31.9 Å². The number of methoxy groups -OCH3 is 1. The first-order valence-corrected chi connectivity index (χ1v) is 5.62. The molecular weight excluding hydrogens is 210 g/mol. The molecule has 3 heteroatoms. The fraction of sp³-hybridized carbons (Fsp3) is 0.500. The molecule has 0 heterocycles. The van der Waals surface area contributed by atoms with Crippen LogP contribution in [-0.4, -0.2) is 19.3 Å². The Morgan fingerprint density at radius 2 is 2.13 bits per heavy atom. The van der Waals surface area contributed by atoms with Crippen molar-refractivity contribution in [1.82, 2.24) is 0 Å². The van der Waals surface area contributed by atoms with Crippen molar-refractivity contribution in [2.75, 3.05) is 12.4 Å². The Bertz CT molecular complexity index is 347. The third-order valence-electron chi connectivity index (χ3n) is 2.99. The lowest BCUT2D eigenvalue weighted by Crippen LogP contribution is -2.40. The zero-order chi connectivity index (χ0) is 10.8. The second kappa shape index (κ2) is 4.42. The summed E-state index contributed by atoms with van der Waals surface area (Å²) in [5.41, 5.74) is 2.38. The van der Waals surface area contributed by atoms with Crippen LogP contribution < -0.4 is 5.32 Å². The van der Waals surface area contributed by atoms with Gasteiger partial charge in [-0.25, -0.2) is 0 Å².